The predicted molar refractivity (Wildman–Crippen MR) is 85.0 cm³/mol. The number of aryl methyl sites for hydroxylation is 1. The minimum absolute atomic E-state index is 0.407. The fraction of sp³-hybridized carbons (Fsp3) is 0.286. The van der Waals surface area contributed by atoms with Crippen LogP contribution in [0.1, 0.15) is 24.7 Å². The molecule has 0 bridgehead atoms. The number of halogens is 3. The maximum absolute atomic E-state index is 6.12. The molecule has 0 fully saturated rings. The summed E-state index contributed by atoms with van der Waals surface area (Å²) in [6.45, 7) is 3.88. The zero-order valence-corrected chi connectivity index (χ0v) is 14.2. The Morgan fingerprint density at radius 1 is 1.25 bits per heavy atom. The van der Waals surface area contributed by atoms with E-state index in [9.17, 15) is 0 Å². The summed E-state index contributed by atoms with van der Waals surface area (Å²) in [7, 11) is 0. The van der Waals surface area contributed by atoms with E-state index in [2.05, 4.69) is 32.8 Å². The van der Waals surface area contributed by atoms with Gasteiger partial charge in [-0.25, -0.2) is 4.98 Å². The minimum atomic E-state index is 0.407. The second-order valence-corrected chi connectivity index (χ2v) is 5.97. The van der Waals surface area contributed by atoms with Crippen molar-refractivity contribution in [2.45, 2.75) is 26.7 Å². The van der Waals surface area contributed by atoms with Crippen LogP contribution in [-0.4, -0.2) is 9.97 Å². The molecule has 0 atom stereocenters. The number of ether oxygens (including phenoxy) is 1. The van der Waals surface area contributed by atoms with Gasteiger partial charge in [0.05, 0.1) is 5.02 Å². The average molecular weight is 376 g/mol. The minimum Gasteiger partial charge on any atom is -0.437 e. The van der Waals surface area contributed by atoms with Crippen molar-refractivity contribution in [3.63, 3.8) is 0 Å². The van der Waals surface area contributed by atoms with Crippen LogP contribution in [0.15, 0.2) is 22.7 Å². The summed E-state index contributed by atoms with van der Waals surface area (Å²) < 4.78 is 6.67. The van der Waals surface area contributed by atoms with Crippen LogP contribution in [0.2, 0.25) is 10.2 Å². The summed E-state index contributed by atoms with van der Waals surface area (Å²) in [6.07, 6.45) is 1.69. The van der Waals surface area contributed by atoms with E-state index in [1.807, 2.05) is 13.0 Å². The van der Waals surface area contributed by atoms with Gasteiger partial charge in [0, 0.05) is 16.5 Å². The molecule has 0 aliphatic carbocycles. The highest BCUT2D eigenvalue weighted by molar-refractivity contribution is 9.10. The lowest BCUT2D eigenvalue weighted by Gasteiger charge is -2.11. The maximum atomic E-state index is 6.12. The molecule has 2 aromatic rings. The average Bonchev–Trinajstić information content (AvgIpc) is 2.40. The highest BCUT2D eigenvalue weighted by Crippen LogP contribution is 2.33. The monoisotopic (exact) mass is 374 g/mol. The van der Waals surface area contributed by atoms with Crippen molar-refractivity contribution in [1.29, 1.82) is 0 Å². The molecule has 0 radical (unpaired) electrons. The van der Waals surface area contributed by atoms with Crippen LogP contribution in [0, 0.1) is 6.92 Å². The van der Waals surface area contributed by atoms with Gasteiger partial charge in [0.25, 0.3) is 0 Å². The van der Waals surface area contributed by atoms with Crippen molar-refractivity contribution >= 4 is 39.1 Å². The first-order chi connectivity index (χ1) is 9.51. The number of aromatic nitrogens is 2. The van der Waals surface area contributed by atoms with E-state index in [-0.39, 0.29) is 0 Å². The zero-order chi connectivity index (χ0) is 14.7. The lowest BCUT2D eigenvalue weighted by Crippen LogP contribution is -2.01. The van der Waals surface area contributed by atoms with Crippen molar-refractivity contribution < 1.29 is 4.74 Å². The Morgan fingerprint density at radius 2 is 2.00 bits per heavy atom. The second kappa shape index (κ2) is 6.74. The first-order valence-electron chi connectivity index (χ1n) is 6.17. The number of hydrogen-bond acceptors (Lipinski definition) is 3. The number of nitrogens with zero attached hydrogens (tertiary/aromatic N) is 2. The molecule has 106 valence electrons. The molecule has 0 amide bonds. The van der Waals surface area contributed by atoms with Crippen LogP contribution in [0.4, 0.5) is 0 Å². The summed E-state index contributed by atoms with van der Waals surface area (Å²) in [6, 6.07) is 5.39. The maximum Gasteiger partial charge on any atom is 0.227 e. The molecule has 1 aromatic heterocycles. The quantitative estimate of drug-likeness (QED) is 0.652. The molecular formula is C14H13BrCl2N2O. The van der Waals surface area contributed by atoms with Crippen LogP contribution >= 0.6 is 39.1 Å². The van der Waals surface area contributed by atoms with Crippen LogP contribution < -0.4 is 4.74 Å². The summed E-state index contributed by atoms with van der Waals surface area (Å²) in [5.41, 5.74) is 0.697. The zero-order valence-electron chi connectivity index (χ0n) is 11.1. The first kappa shape index (κ1) is 15.5. The molecule has 1 heterocycles. The molecule has 0 saturated carbocycles. The van der Waals surface area contributed by atoms with Gasteiger partial charge < -0.3 is 4.74 Å². The van der Waals surface area contributed by atoms with Gasteiger partial charge in [-0.3, -0.25) is 0 Å². The Hall–Kier alpha value is -0.840. The van der Waals surface area contributed by atoms with Crippen molar-refractivity contribution in [2.75, 3.05) is 0 Å². The number of hydrogen-bond donors (Lipinski definition) is 0. The van der Waals surface area contributed by atoms with Gasteiger partial charge in [0.2, 0.25) is 5.88 Å². The van der Waals surface area contributed by atoms with E-state index in [4.69, 9.17) is 27.9 Å². The topological polar surface area (TPSA) is 35.0 Å². The molecule has 0 saturated heterocycles. The lowest BCUT2D eigenvalue weighted by atomic mass is 10.3. The first-order valence-corrected chi connectivity index (χ1v) is 7.72. The largest absolute Gasteiger partial charge is 0.437 e. The summed E-state index contributed by atoms with van der Waals surface area (Å²) >= 11 is 15.6. The standard InChI is InChI=1S/C14H13BrCl2N2O/c1-3-4-12-18-13(17)8(2)14(19-12)20-11-7-9(15)5-6-10(11)16/h5-7H,3-4H2,1-2H3. The predicted octanol–water partition coefficient (Wildman–Crippen LogP) is 5.60. The summed E-state index contributed by atoms with van der Waals surface area (Å²) in [4.78, 5) is 8.63. The van der Waals surface area contributed by atoms with Gasteiger partial charge in [0.15, 0.2) is 0 Å². The van der Waals surface area contributed by atoms with E-state index < -0.39 is 0 Å². The molecule has 2 rings (SSSR count). The van der Waals surface area contributed by atoms with E-state index in [0.717, 1.165) is 17.3 Å². The fourth-order valence-corrected chi connectivity index (χ4v) is 2.28. The Morgan fingerprint density at radius 3 is 2.70 bits per heavy atom. The highest BCUT2D eigenvalue weighted by Gasteiger charge is 2.13. The Bertz CT molecular complexity index is 635. The van der Waals surface area contributed by atoms with Crippen molar-refractivity contribution in [3.05, 3.63) is 44.2 Å². The molecule has 20 heavy (non-hydrogen) atoms. The molecule has 0 aliphatic heterocycles. The Labute approximate surface area is 136 Å². The Balaban J connectivity index is 2.39. The van der Waals surface area contributed by atoms with Crippen molar-refractivity contribution in [2.24, 2.45) is 0 Å². The van der Waals surface area contributed by atoms with E-state index in [1.165, 1.54) is 0 Å². The molecule has 6 heteroatoms. The summed E-state index contributed by atoms with van der Waals surface area (Å²) in [5.74, 6) is 1.64. The third-order valence-corrected chi connectivity index (χ3v) is 3.84. The highest BCUT2D eigenvalue weighted by atomic mass is 79.9. The van der Waals surface area contributed by atoms with Gasteiger partial charge in [-0.1, -0.05) is 46.1 Å². The van der Waals surface area contributed by atoms with Crippen molar-refractivity contribution in [1.82, 2.24) is 9.97 Å². The van der Waals surface area contributed by atoms with Gasteiger partial charge in [-0.15, -0.1) is 0 Å². The summed E-state index contributed by atoms with van der Waals surface area (Å²) in [5, 5.41) is 0.920. The van der Waals surface area contributed by atoms with Gasteiger partial charge >= 0.3 is 0 Å². The smallest absolute Gasteiger partial charge is 0.227 e. The third-order valence-electron chi connectivity index (χ3n) is 2.66. The van der Waals surface area contributed by atoms with Crippen LogP contribution in [-0.2, 0) is 6.42 Å². The Kier molecular flexibility index (Phi) is 5.24. The van der Waals surface area contributed by atoms with E-state index in [1.54, 1.807) is 12.1 Å². The number of rotatable bonds is 4. The normalized spacial score (nSPS) is 10.7. The third kappa shape index (κ3) is 3.62. The van der Waals surface area contributed by atoms with Gasteiger partial charge in [0.1, 0.15) is 16.7 Å². The fourth-order valence-electron chi connectivity index (χ4n) is 1.61. The van der Waals surface area contributed by atoms with Crippen LogP contribution in [0.25, 0.3) is 0 Å². The van der Waals surface area contributed by atoms with Crippen molar-refractivity contribution in [3.8, 4) is 11.6 Å². The van der Waals surface area contributed by atoms with E-state index >= 15 is 0 Å². The molecule has 3 nitrogen and oxygen atoms in total. The molecule has 1 aromatic carbocycles. The van der Waals surface area contributed by atoms with Gasteiger partial charge in [-0.05, 0) is 31.5 Å². The SMILES string of the molecule is CCCc1nc(Cl)c(C)c(Oc2cc(Br)ccc2Cl)n1. The lowest BCUT2D eigenvalue weighted by molar-refractivity contribution is 0.454. The van der Waals surface area contributed by atoms with Crippen LogP contribution in [0.3, 0.4) is 0 Å². The molecule has 0 aliphatic rings. The molecule has 0 N–H and O–H groups in total. The second-order valence-electron chi connectivity index (χ2n) is 4.29. The van der Waals surface area contributed by atoms with E-state index in [0.29, 0.717) is 33.2 Å². The molecule has 0 spiro atoms. The molecule has 0 unspecified atom stereocenters. The van der Waals surface area contributed by atoms with Crippen LogP contribution in [0.5, 0.6) is 11.6 Å². The number of benzene rings is 1. The molecular weight excluding hydrogens is 363 g/mol. The van der Waals surface area contributed by atoms with Gasteiger partial charge in [-0.2, -0.15) is 4.98 Å².